The minimum absolute atomic E-state index is 0.145. The number of carbonyl (C=O) groups is 2. The fourth-order valence-corrected chi connectivity index (χ4v) is 3.95. The zero-order valence-corrected chi connectivity index (χ0v) is 17.0. The lowest BCUT2D eigenvalue weighted by Crippen LogP contribution is -2.46. The average molecular weight is 408 g/mol. The molecule has 3 aromatic rings. The minimum atomic E-state index is -0.721. The van der Waals surface area contributed by atoms with Crippen molar-refractivity contribution in [2.24, 2.45) is 5.92 Å². The summed E-state index contributed by atoms with van der Waals surface area (Å²) in [6, 6.07) is 10.0. The second-order valence-electron chi connectivity index (χ2n) is 7.66. The van der Waals surface area contributed by atoms with Gasteiger partial charge in [0, 0.05) is 19.3 Å². The topological polar surface area (TPSA) is 97.4 Å². The highest BCUT2D eigenvalue weighted by atomic mass is 16.4. The maximum atomic E-state index is 13.2. The number of oxazole rings is 1. The standard InChI is InChI=1S/C22H24N4O4/c1-14-7-5-11-23-19(14)24-20(27)16-8-6-12-25(13-16)21(28)15(2)26-17-9-3-4-10-18(17)30-22(26)29/h3-5,7,9-11,15-16H,6,8,12-13H2,1-2H3,(H,23,24,27). The van der Waals surface area contributed by atoms with Crippen molar-refractivity contribution < 1.29 is 14.0 Å². The molecule has 1 aliphatic rings. The highest BCUT2D eigenvalue weighted by Gasteiger charge is 2.32. The molecule has 8 nitrogen and oxygen atoms in total. The van der Waals surface area contributed by atoms with Crippen molar-refractivity contribution >= 4 is 28.7 Å². The number of anilines is 1. The summed E-state index contributed by atoms with van der Waals surface area (Å²) in [7, 11) is 0. The van der Waals surface area contributed by atoms with Crippen LogP contribution in [0.1, 0.15) is 31.4 Å². The van der Waals surface area contributed by atoms with Crippen LogP contribution >= 0.6 is 0 Å². The minimum Gasteiger partial charge on any atom is -0.408 e. The maximum absolute atomic E-state index is 13.2. The van der Waals surface area contributed by atoms with Crippen molar-refractivity contribution in [3.63, 3.8) is 0 Å². The van der Waals surface area contributed by atoms with E-state index in [0.717, 1.165) is 12.0 Å². The molecule has 0 saturated carbocycles. The van der Waals surface area contributed by atoms with Gasteiger partial charge >= 0.3 is 5.76 Å². The first-order chi connectivity index (χ1) is 14.5. The summed E-state index contributed by atoms with van der Waals surface area (Å²) in [6.07, 6.45) is 3.05. The SMILES string of the molecule is Cc1cccnc1NC(=O)C1CCCN(C(=O)C(C)n2c(=O)oc3ccccc32)C1. The lowest BCUT2D eigenvalue weighted by molar-refractivity contribution is -0.137. The van der Waals surface area contributed by atoms with Gasteiger partial charge in [-0.1, -0.05) is 18.2 Å². The number of benzene rings is 1. The van der Waals surface area contributed by atoms with Crippen molar-refractivity contribution in [3.05, 3.63) is 58.7 Å². The van der Waals surface area contributed by atoms with Gasteiger partial charge in [-0.15, -0.1) is 0 Å². The molecule has 3 heterocycles. The van der Waals surface area contributed by atoms with Gasteiger partial charge in [0.25, 0.3) is 0 Å². The van der Waals surface area contributed by atoms with Crippen molar-refractivity contribution in [3.8, 4) is 0 Å². The van der Waals surface area contributed by atoms with E-state index in [2.05, 4.69) is 10.3 Å². The van der Waals surface area contributed by atoms with Gasteiger partial charge in [0.15, 0.2) is 5.58 Å². The molecule has 2 amide bonds. The molecule has 1 saturated heterocycles. The molecular weight excluding hydrogens is 384 g/mol. The van der Waals surface area contributed by atoms with E-state index in [4.69, 9.17) is 4.42 Å². The molecule has 2 unspecified atom stereocenters. The number of para-hydroxylation sites is 2. The summed E-state index contributed by atoms with van der Waals surface area (Å²) in [5.41, 5.74) is 1.92. The largest absolute Gasteiger partial charge is 0.420 e. The normalized spacial score (nSPS) is 17.7. The Kier molecular flexibility index (Phi) is 5.39. The van der Waals surface area contributed by atoms with Crippen LogP contribution in [0.5, 0.6) is 0 Å². The fraction of sp³-hybridized carbons (Fsp3) is 0.364. The molecule has 0 aliphatic carbocycles. The number of pyridine rings is 1. The molecule has 156 valence electrons. The van der Waals surface area contributed by atoms with Crippen molar-refractivity contribution in [1.82, 2.24) is 14.5 Å². The molecule has 0 radical (unpaired) electrons. The van der Waals surface area contributed by atoms with Crippen LogP contribution in [0.3, 0.4) is 0 Å². The first-order valence-corrected chi connectivity index (χ1v) is 10.1. The Morgan fingerprint density at radius 2 is 2.03 bits per heavy atom. The third-order valence-corrected chi connectivity index (χ3v) is 5.62. The summed E-state index contributed by atoms with van der Waals surface area (Å²) < 4.78 is 6.63. The number of carbonyl (C=O) groups excluding carboxylic acids is 2. The number of hydrogen-bond acceptors (Lipinski definition) is 5. The predicted molar refractivity (Wildman–Crippen MR) is 112 cm³/mol. The van der Waals surface area contributed by atoms with Crippen molar-refractivity contribution in [1.29, 1.82) is 0 Å². The number of rotatable bonds is 4. The summed E-state index contributed by atoms with van der Waals surface area (Å²) in [4.78, 5) is 44.1. The van der Waals surface area contributed by atoms with Gasteiger partial charge in [-0.25, -0.2) is 9.78 Å². The lowest BCUT2D eigenvalue weighted by Gasteiger charge is -2.33. The van der Waals surface area contributed by atoms with Crippen LogP contribution in [0.4, 0.5) is 5.82 Å². The molecule has 1 N–H and O–H groups in total. The highest BCUT2D eigenvalue weighted by molar-refractivity contribution is 5.93. The lowest BCUT2D eigenvalue weighted by atomic mass is 9.96. The summed E-state index contributed by atoms with van der Waals surface area (Å²) in [6.45, 7) is 4.44. The number of piperidine rings is 1. The zero-order valence-electron chi connectivity index (χ0n) is 17.0. The quantitative estimate of drug-likeness (QED) is 0.716. The molecule has 1 aromatic carbocycles. The first-order valence-electron chi connectivity index (χ1n) is 10.1. The molecule has 1 aliphatic heterocycles. The van der Waals surface area contributed by atoms with E-state index in [0.29, 0.717) is 36.4 Å². The number of hydrogen-bond donors (Lipinski definition) is 1. The van der Waals surface area contributed by atoms with Gasteiger partial charge in [0.1, 0.15) is 11.9 Å². The van der Waals surface area contributed by atoms with Gasteiger partial charge in [-0.05, 0) is 50.5 Å². The van der Waals surface area contributed by atoms with Crippen LogP contribution in [0, 0.1) is 12.8 Å². The molecule has 2 aromatic heterocycles. The van der Waals surface area contributed by atoms with E-state index >= 15 is 0 Å². The number of nitrogens with one attached hydrogen (secondary N) is 1. The fourth-order valence-electron chi connectivity index (χ4n) is 3.95. The average Bonchev–Trinajstić information content (AvgIpc) is 3.10. The number of aromatic nitrogens is 2. The Bertz CT molecular complexity index is 1150. The van der Waals surface area contributed by atoms with E-state index < -0.39 is 11.8 Å². The Morgan fingerprint density at radius 3 is 2.83 bits per heavy atom. The van der Waals surface area contributed by atoms with E-state index in [1.165, 1.54) is 4.57 Å². The number of amides is 2. The van der Waals surface area contributed by atoms with Crippen LogP contribution in [-0.2, 0) is 9.59 Å². The monoisotopic (exact) mass is 408 g/mol. The van der Waals surface area contributed by atoms with Gasteiger partial charge in [-0.3, -0.25) is 14.2 Å². The van der Waals surface area contributed by atoms with E-state index in [9.17, 15) is 14.4 Å². The third-order valence-electron chi connectivity index (χ3n) is 5.62. The Labute approximate surface area is 173 Å². The van der Waals surface area contributed by atoms with Crippen LogP contribution in [0.25, 0.3) is 11.1 Å². The second-order valence-corrected chi connectivity index (χ2v) is 7.66. The molecule has 2 atom stereocenters. The van der Waals surface area contributed by atoms with Crippen LogP contribution in [0.15, 0.2) is 51.8 Å². The zero-order chi connectivity index (χ0) is 21.3. The smallest absolute Gasteiger partial charge is 0.408 e. The van der Waals surface area contributed by atoms with Crippen molar-refractivity contribution in [2.45, 2.75) is 32.7 Å². The predicted octanol–water partition coefficient (Wildman–Crippen LogP) is 2.74. The van der Waals surface area contributed by atoms with Crippen LogP contribution < -0.4 is 11.1 Å². The Morgan fingerprint density at radius 1 is 1.23 bits per heavy atom. The molecule has 0 spiro atoms. The molecular formula is C22H24N4O4. The highest BCUT2D eigenvalue weighted by Crippen LogP contribution is 2.23. The molecule has 30 heavy (non-hydrogen) atoms. The van der Waals surface area contributed by atoms with Gasteiger partial charge < -0.3 is 14.6 Å². The van der Waals surface area contributed by atoms with Crippen molar-refractivity contribution in [2.75, 3.05) is 18.4 Å². The molecule has 4 rings (SSSR count). The van der Waals surface area contributed by atoms with Crippen LogP contribution in [0.2, 0.25) is 0 Å². The molecule has 8 heteroatoms. The maximum Gasteiger partial charge on any atom is 0.420 e. The number of likely N-dealkylation sites (tertiary alicyclic amines) is 1. The number of fused-ring (bicyclic) bond motifs is 1. The Hall–Kier alpha value is -3.42. The Balaban J connectivity index is 1.49. The summed E-state index contributed by atoms with van der Waals surface area (Å²) in [5, 5.41) is 2.87. The van der Waals surface area contributed by atoms with Gasteiger partial charge in [0.05, 0.1) is 11.4 Å². The number of aryl methyl sites for hydroxylation is 1. The molecule has 1 fully saturated rings. The third kappa shape index (κ3) is 3.72. The van der Waals surface area contributed by atoms with Gasteiger partial charge in [-0.2, -0.15) is 0 Å². The van der Waals surface area contributed by atoms with E-state index in [1.54, 1.807) is 42.3 Å². The van der Waals surface area contributed by atoms with Gasteiger partial charge in [0.2, 0.25) is 11.8 Å². The van der Waals surface area contributed by atoms with E-state index in [1.807, 2.05) is 19.1 Å². The summed E-state index contributed by atoms with van der Waals surface area (Å²) in [5.74, 6) is -0.693. The first kappa shape index (κ1) is 19.9. The second kappa shape index (κ2) is 8.14. The summed E-state index contributed by atoms with van der Waals surface area (Å²) >= 11 is 0. The molecule has 0 bridgehead atoms. The number of nitrogens with zero attached hydrogens (tertiary/aromatic N) is 3. The van der Waals surface area contributed by atoms with Crippen LogP contribution in [-0.4, -0.2) is 39.4 Å². The van der Waals surface area contributed by atoms with E-state index in [-0.39, 0.29) is 17.7 Å².